The van der Waals surface area contributed by atoms with E-state index in [1.807, 2.05) is 0 Å². The summed E-state index contributed by atoms with van der Waals surface area (Å²) in [6, 6.07) is 1.71. The van der Waals surface area contributed by atoms with Gasteiger partial charge in [-0.15, -0.1) is 0 Å². The fourth-order valence-electron chi connectivity index (χ4n) is 1.76. The first-order chi connectivity index (χ1) is 7.88. The molecule has 1 aromatic heterocycles. The number of aliphatic hydroxyl groups is 1. The Bertz CT molecular complexity index is 327. The number of aromatic nitrogens is 2. The molecule has 1 aliphatic heterocycles. The predicted molar refractivity (Wildman–Crippen MR) is 60.0 cm³/mol. The van der Waals surface area contributed by atoms with Gasteiger partial charge in [-0.1, -0.05) is 0 Å². The number of nitrogens with zero attached hydrogens (tertiary/aromatic N) is 2. The van der Waals surface area contributed by atoms with Crippen LogP contribution in [0.3, 0.4) is 0 Å². The van der Waals surface area contributed by atoms with Crippen LogP contribution >= 0.6 is 0 Å². The van der Waals surface area contributed by atoms with E-state index in [9.17, 15) is 0 Å². The maximum atomic E-state index is 8.94. The molecule has 0 spiro atoms. The van der Waals surface area contributed by atoms with Gasteiger partial charge in [0.05, 0.1) is 12.3 Å². The average molecular weight is 223 g/mol. The van der Waals surface area contributed by atoms with Crippen LogP contribution < -0.4 is 5.32 Å². The van der Waals surface area contributed by atoms with Crippen molar-refractivity contribution in [3.05, 3.63) is 18.0 Å². The standard InChI is InChI=1S/C11H17N3O2/c15-8-10-1-4-12-11(14-10)13-7-9-2-5-16-6-3-9/h1,4,9,15H,2-3,5-8H2,(H,12,13,14). The van der Waals surface area contributed by atoms with Crippen LogP contribution in [0.15, 0.2) is 12.3 Å². The van der Waals surface area contributed by atoms with Crippen LogP contribution in [-0.4, -0.2) is 34.8 Å². The van der Waals surface area contributed by atoms with Crippen LogP contribution in [0.2, 0.25) is 0 Å². The van der Waals surface area contributed by atoms with E-state index in [2.05, 4.69) is 15.3 Å². The summed E-state index contributed by atoms with van der Waals surface area (Å²) in [5, 5.41) is 12.1. The van der Waals surface area contributed by atoms with Gasteiger partial charge in [0.1, 0.15) is 0 Å². The molecule has 0 aliphatic carbocycles. The lowest BCUT2D eigenvalue weighted by Gasteiger charge is -2.22. The van der Waals surface area contributed by atoms with Gasteiger partial charge in [0.25, 0.3) is 0 Å². The molecule has 88 valence electrons. The molecular formula is C11H17N3O2. The lowest BCUT2D eigenvalue weighted by Crippen LogP contribution is -2.23. The van der Waals surface area contributed by atoms with Crippen LogP contribution in [0.1, 0.15) is 18.5 Å². The first kappa shape index (κ1) is 11.3. The van der Waals surface area contributed by atoms with E-state index in [1.54, 1.807) is 12.3 Å². The highest BCUT2D eigenvalue weighted by Crippen LogP contribution is 2.14. The van der Waals surface area contributed by atoms with Crippen molar-refractivity contribution in [3.63, 3.8) is 0 Å². The number of aliphatic hydroxyl groups excluding tert-OH is 1. The summed E-state index contributed by atoms with van der Waals surface area (Å²) in [6.45, 7) is 2.53. The number of anilines is 1. The number of hydrogen-bond donors (Lipinski definition) is 2. The molecule has 5 heteroatoms. The Morgan fingerprint density at radius 1 is 1.44 bits per heavy atom. The molecule has 0 unspecified atom stereocenters. The Kier molecular flexibility index (Phi) is 4.07. The monoisotopic (exact) mass is 223 g/mol. The van der Waals surface area contributed by atoms with Crippen molar-refractivity contribution in [1.29, 1.82) is 0 Å². The highest BCUT2D eigenvalue weighted by molar-refractivity contribution is 5.24. The average Bonchev–Trinajstić information content (AvgIpc) is 2.38. The second-order valence-electron chi connectivity index (χ2n) is 3.97. The third-order valence-electron chi connectivity index (χ3n) is 2.76. The van der Waals surface area contributed by atoms with Crippen molar-refractivity contribution in [2.24, 2.45) is 5.92 Å². The Labute approximate surface area is 94.9 Å². The summed E-state index contributed by atoms with van der Waals surface area (Å²) in [6.07, 6.45) is 3.84. The van der Waals surface area contributed by atoms with Gasteiger partial charge in [-0.25, -0.2) is 9.97 Å². The third-order valence-corrected chi connectivity index (χ3v) is 2.76. The largest absolute Gasteiger partial charge is 0.390 e. The molecule has 0 atom stereocenters. The van der Waals surface area contributed by atoms with E-state index < -0.39 is 0 Å². The van der Waals surface area contributed by atoms with Gasteiger partial charge in [-0.05, 0) is 24.8 Å². The van der Waals surface area contributed by atoms with Gasteiger partial charge in [-0.2, -0.15) is 0 Å². The molecule has 2 N–H and O–H groups in total. The minimum atomic E-state index is -0.0472. The number of ether oxygens (including phenoxy) is 1. The van der Waals surface area contributed by atoms with Gasteiger partial charge in [-0.3, -0.25) is 0 Å². The molecular weight excluding hydrogens is 206 g/mol. The zero-order valence-corrected chi connectivity index (χ0v) is 9.22. The van der Waals surface area contributed by atoms with Crippen molar-refractivity contribution < 1.29 is 9.84 Å². The summed E-state index contributed by atoms with van der Waals surface area (Å²) in [7, 11) is 0. The molecule has 1 aromatic rings. The van der Waals surface area contributed by atoms with Crippen molar-refractivity contribution in [2.45, 2.75) is 19.4 Å². The lowest BCUT2D eigenvalue weighted by atomic mass is 10.0. The van der Waals surface area contributed by atoms with Crippen LogP contribution in [0.4, 0.5) is 5.95 Å². The van der Waals surface area contributed by atoms with Crippen LogP contribution in [0.25, 0.3) is 0 Å². The molecule has 1 fully saturated rings. The summed E-state index contributed by atoms with van der Waals surface area (Å²) in [5.74, 6) is 1.23. The van der Waals surface area contributed by atoms with E-state index in [1.165, 1.54) is 0 Å². The summed E-state index contributed by atoms with van der Waals surface area (Å²) in [4.78, 5) is 8.28. The highest BCUT2D eigenvalue weighted by Gasteiger charge is 2.13. The maximum Gasteiger partial charge on any atom is 0.222 e. The van der Waals surface area contributed by atoms with Crippen molar-refractivity contribution in [3.8, 4) is 0 Å². The van der Waals surface area contributed by atoms with Crippen LogP contribution in [0, 0.1) is 5.92 Å². The third kappa shape index (κ3) is 3.15. The summed E-state index contributed by atoms with van der Waals surface area (Å²) in [5.41, 5.74) is 0.643. The maximum absolute atomic E-state index is 8.94. The number of nitrogens with one attached hydrogen (secondary N) is 1. The zero-order chi connectivity index (χ0) is 11.2. The van der Waals surface area contributed by atoms with Gasteiger partial charge < -0.3 is 15.2 Å². The second kappa shape index (κ2) is 5.77. The van der Waals surface area contributed by atoms with E-state index in [0.717, 1.165) is 32.6 Å². The first-order valence-electron chi connectivity index (χ1n) is 5.63. The Morgan fingerprint density at radius 3 is 3.00 bits per heavy atom. The molecule has 0 radical (unpaired) electrons. The van der Waals surface area contributed by atoms with Gasteiger partial charge >= 0.3 is 0 Å². The Balaban J connectivity index is 1.83. The molecule has 0 bridgehead atoms. The quantitative estimate of drug-likeness (QED) is 0.790. The van der Waals surface area contributed by atoms with Crippen molar-refractivity contribution in [2.75, 3.05) is 25.1 Å². The molecule has 16 heavy (non-hydrogen) atoms. The SMILES string of the molecule is OCc1ccnc(NCC2CCOCC2)n1. The molecule has 0 saturated carbocycles. The number of rotatable bonds is 4. The zero-order valence-electron chi connectivity index (χ0n) is 9.22. The van der Waals surface area contributed by atoms with Gasteiger partial charge in [0.2, 0.25) is 5.95 Å². The smallest absolute Gasteiger partial charge is 0.222 e. The lowest BCUT2D eigenvalue weighted by molar-refractivity contribution is 0.0699. The summed E-state index contributed by atoms with van der Waals surface area (Å²) >= 11 is 0. The van der Waals surface area contributed by atoms with Crippen LogP contribution in [-0.2, 0) is 11.3 Å². The van der Waals surface area contributed by atoms with E-state index in [0.29, 0.717) is 17.6 Å². The molecule has 2 heterocycles. The minimum Gasteiger partial charge on any atom is -0.390 e. The van der Waals surface area contributed by atoms with Crippen LogP contribution in [0.5, 0.6) is 0 Å². The van der Waals surface area contributed by atoms with E-state index in [-0.39, 0.29) is 6.61 Å². The number of hydrogen-bond acceptors (Lipinski definition) is 5. The fourth-order valence-corrected chi connectivity index (χ4v) is 1.76. The first-order valence-corrected chi connectivity index (χ1v) is 5.63. The van der Waals surface area contributed by atoms with Crippen molar-refractivity contribution in [1.82, 2.24) is 9.97 Å². The molecule has 1 aliphatic rings. The molecule has 5 nitrogen and oxygen atoms in total. The van der Waals surface area contributed by atoms with Gasteiger partial charge in [0.15, 0.2) is 0 Å². The Hall–Kier alpha value is -1.20. The van der Waals surface area contributed by atoms with E-state index >= 15 is 0 Å². The summed E-state index contributed by atoms with van der Waals surface area (Å²) < 4.78 is 5.30. The molecule has 2 rings (SSSR count). The fraction of sp³-hybridized carbons (Fsp3) is 0.636. The second-order valence-corrected chi connectivity index (χ2v) is 3.97. The normalized spacial score (nSPS) is 17.3. The van der Waals surface area contributed by atoms with Crippen molar-refractivity contribution >= 4 is 5.95 Å². The predicted octanol–water partition coefficient (Wildman–Crippen LogP) is 0.807. The van der Waals surface area contributed by atoms with Gasteiger partial charge in [0, 0.05) is 26.0 Å². The molecule has 0 amide bonds. The molecule has 1 saturated heterocycles. The Morgan fingerprint density at radius 2 is 2.25 bits per heavy atom. The molecule has 0 aromatic carbocycles. The highest BCUT2D eigenvalue weighted by atomic mass is 16.5. The minimum absolute atomic E-state index is 0.0472. The van der Waals surface area contributed by atoms with E-state index in [4.69, 9.17) is 9.84 Å². The topological polar surface area (TPSA) is 67.3 Å².